The van der Waals surface area contributed by atoms with Crippen molar-refractivity contribution < 1.29 is 28.1 Å². The van der Waals surface area contributed by atoms with Gasteiger partial charge in [-0.05, 0) is 24.3 Å². The van der Waals surface area contributed by atoms with Crippen molar-refractivity contribution in [3.8, 4) is 0 Å². The van der Waals surface area contributed by atoms with Crippen LogP contribution in [-0.2, 0) is 9.53 Å². The first-order valence-electron chi connectivity index (χ1n) is 6.03. The van der Waals surface area contributed by atoms with Crippen molar-refractivity contribution in [3.63, 3.8) is 0 Å². The first-order chi connectivity index (χ1) is 10.9. The summed E-state index contributed by atoms with van der Waals surface area (Å²) in [6, 6.07) is 5.63. The van der Waals surface area contributed by atoms with E-state index in [9.17, 15) is 24.1 Å². The number of nitrogens with zero attached hydrogens (tertiary/aromatic N) is 1. The molecule has 0 aliphatic heterocycles. The fraction of sp³-hybridized carbons (Fsp3) is 0.0769. The molecule has 0 bridgehead atoms. The number of furan rings is 1. The van der Waals surface area contributed by atoms with Crippen molar-refractivity contribution in [1.82, 2.24) is 0 Å². The van der Waals surface area contributed by atoms with E-state index < -0.39 is 40.9 Å². The highest BCUT2D eigenvalue weighted by Crippen LogP contribution is 2.19. The fourth-order valence-electron chi connectivity index (χ4n) is 1.51. The predicted octanol–water partition coefficient (Wildman–Crippen LogP) is 2.78. The van der Waals surface area contributed by atoms with Gasteiger partial charge >= 0.3 is 11.9 Å². The molecule has 0 radical (unpaired) electrons. The zero-order valence-corrected chi connectivity index (χ0v) is 12.0. The molecule has 23 heavy (non-hydrogen) atoms. The third kappa shape index (κ3) is 4.27. The standard InChI is InChI=1S/C13H8ClFN2O6/c14-7-1-2-9(8(15)5-7)16-11(18)6-22-13(19)10-3-4-12(23-10)17(20)21/h1-5H,6H2,(H,16,18). The lowest BCUT2D eigenvalue weighted by atomic mass is 10.3. The number of amides is 1. The number of carbonyl (C=O) groups is 2. The van der Waals surface area contributed by atoms with Crippen LogP contribution in [0.5, 0.6) is 0 Å². The van der Waals surface area contributed by atoms with Gasteiger partial charge in [0, 0.05) is 5.02 Å². The van der Waals surface area contributed by atoms with Crippen LogP contribution in [0.15, 0.2) is 34.7 Å². The number of rotatable bonds is 5. The van der Waals surface area contributed by atoms with E-state index in [0.29, 0.717) is 0 Å². The van der Waals surface area contributed by atoms with Crippen LogP contribution in [0.2, 0.25) is 5.02 Å². The first-order valence-corrected chi connectivity index (χ1v) is 6.41. The third-order valence-electron chi connectivity index (χ3n) is 2.51. The molecular weight excluding hydrogens is 335 g/mol. The first kappa shape index (κ1) is 16.4. The molecule has 10 heteroatoms. The monoisotopic (exact) mass is 342 g/mol. The van der Waals surface area contributed by atoms with Gasteiger partial charge in [-0.2, -0.15) is 0 Å². The smallest absolute Gasteiger partial charge is 0.433 e. The molecule has 0 atom stereocenters. The van der Waals surface area contributed by atoms with E-state index in [1.807, 2.05) is 0 Å². The molecule has 2 aromatic rings. The van der Waals surface area contributed by atoms with Gasteiger partial charge in [0.05, 0.1) is 11.8 Å². The second-order valence-corrected chi connectivity index (χ2v) is 4.58. The van der Waals surface area contributed by atoms with Gasteiger partial charge in [0.25, 0.3) is 5.91 Å². The van der Waals surface area contributed by atoms with E-state index in [2.05, 4.69) is 14.5 Å². The van der Waals surface area contributed by atoms with Crippen LogP contribution in [0.1, 0.15) is 10.6 Å². The molecule has 2 rings (SSSR count). The summed E-state index contributed by atoms with van der Waals surface area (Å²) in [5.41, 5.74) is -0.135. The topological polar surface area (TPSA) is 112 Å². The lowest BCUT2D eigenvalue weighted by molar-refractivity contribution is -0.402. The number of nitrogens with one attached hydrogen (secondary N) is 1. The maximum atomic E-state index is 13.5. The van der Waals surface area contributed by atoms with Crippen molar-refractivity contribution >= 4 is 35.0 Å². The third-order valence-corrected chi connectivity index (χ3v) is 2.75. The van der Waals surface area contributed by atoms with Crippen molar-refractivity contribution in [2.45, 2.75) is 0 Å². The van der Waals surface area contributed by atoms with E-state index in [0.717, 1.165) is 18.2 Å². The van der Waals surface area contributed by atoms with Gasteiger partial charge in [-0.1, -0.05) is 11.6 Å². The molecule has 0 aliphatic carbocycles. The predicted molar refractivity (Wildman–Crippen MR) is 75.7 cm³/mol. The number of nitro groups is 1. The number of ether oxygens (including phenoxy) is 1. The van der Waals surface area contributed by atoms with Crippen molar-refractivity contribution in [3.05, 3.63) is 57.0 Å². The number of esters is 1. The molecule has 8 nitrogen and oxygen atoms in total. The Kier molecular flexibility index (Phi) is 4.91. The fourth-order valence-corrected chi connectivity index (χ4v) is 1.67. The summed E-state index contributed by atoms with van der Waals surface area (Å²) in [6.45, 7) is -0.727. The average molecular weight is 343 g/mol. The molecule has 1 amide bonds. The quantitative estimate of drug-likeness (QED) is 0.508. The van der Waals surface area contributed by atoms with Gasteiger partial charge in [-0.3, -0.25) is 14.9 Å². The lowest BCUT2D eigenvalue weighted by Gasteiger charge is -2.06. The van der Waals surface area contributed by atoms with Crippen LogP contribution in [0.3, 0.4) is 0 Å². The summed E-state index contributed by atoms with van der Waals surface area (Å²) in [6.07, 6.45) is 0. The van der Waals surface area contributed by atoms with E-state index >= 15 is 0 Å². The second-order valence-electron chi connectivity index (χ2n) is 4.14. The van der Waals surface area contributed by atoms with Crippen LogP contribution in [0, 0.1) is 15.9 Å². The minimum absolute atomic E-state index is 0.135. The lowest BCUT2D eigenvalue weighted by Crippen LogP contribution is -2.21. The highest BCUT2D eigenvalue weighted by molar-refractivity contribution is 6.30. The van der Waals surface area contributed by atoms with Crippen LogP contribution in [0.25, 0.3) is 0 Å². The second kappa shape index (κ2) is 6.88. The maximum Gasteiger partial charge on any atom is 0.433 e. The molecule has 1 aromatic carbocycles. The minimum Gasteiger partial charge on any atom is -0.450 e. The SMILES string of the molecule is O=C(COC(=O)c1ccc([N+](=O)[O-])o1)Nc1ccc(Cl)cc1F. The Morgan fingerprint density at radius 2 is 2.09 bits per heavy atom. The van der Waals surface area contributed by atoms with Gasteiger partial charge in [-0.25, -0.2) is 9.18 Å². The number of anilines is 1. The van der Waals surface area contributed by atoms with Gasteiger partial charge < -0.3 is 14.5 Å². The van der Waals surface area contributed by atoms with Crippen molar-refractivity contribution in [1.29, 1.82) is 0 Å². The summed E-state index contributed by atoms with van der Waals surface area (Å²) < 4.78 is 22.7. The Morgan fingerprint density at radius 1 is 1.35 bits per heavy atom. The summed E-state index contributed by atoms with van der Waals surface area (Å²) in [5, 5.41) is 12.8. The molecule has 0 unspecified atom stereocenters. The molecule has 0 fully saturated rings. The summed E-state index contributed by atoms with van der Waals surface area (Å²) >= 11 is 5.57. The van der Waals surface area contributed by atoms with Crippen LogP contribution >= 0.6 is 11.6 Å². The Bertz CT molecular complexity index is 776. The van der Waals surface area contributed by atoms with Gasteiger partial charge in [0.1, 0.15) is 10.7 Å². The number of hydrogen-bond donors (Lipinski definition) is 1. The normalized spacial score (nSPS) is 10.2. The molecule has 0 saturated carbocycles. The van der Waals surface area contributed by atoms with Crippen LogP contribution in [0.4, 0.5) is 16.0 Å². The molecule has 1 heterocycles. The van der Waals surface area contributed by atoms with E-state index in [4.69, 9.17) is 11.6 Å². The Hall–Kier alpha value is -2.94. The largest absolute Gasteiger partial charge is 0.450 e. The van der Waals surface area contributed by atoms with Crippen LogP contribution < -0.4 is 5.32 Å². The average Bonchev–Trinajstić information content (AvgIpc) is 2.98. The molecule has 0 spiro atoms. The highest BCUT2D eigenvalue weighted by atomic mass is 35.5. The molecule has 0 saturated heterocycles. The van der Waals surface area contributed by atoms with Gasteiger partial charge in [0.15, 0.2) is 6.61 Å². The van der Waals surface area contributed by atoms with E-state index in [-0.39, 0.29) is 10.7 Å². The minimum atomic E-state index is -1.06. The highest BCUT2D eigenvalue weighted by Gasteiger charge is 2.19. The Labute approximate surface area is 132 Å². The molecule has 1 aromatic heterocycles. The zero-order valence-electron chi connectivity index (χ0n) is 11.2. The Morgan fingerprint density at radius 3 is 2.70 bits per heavy atom. The number of benzene rings is 1. The van der Waals surface area contributed by atoms with Crippen LogP contribution in [-0.4, -0.2) is 23.4 Å². The Balaban J connectivity index is 1.90. The molecule has 1 N–H and O–H groups in total. The van der Waals surface area contributed by atoms with E-state index in [1.54, 1.807) is 0 Å². The van der Waals surface area contributed by atoms with E-state index in [1.165, 1.54) is 12.1 Å². The molecule has 0 aliphatic rings. The molecule has 120 valence electrons. The number of hydrogen-bond acceptors (Lipinski definition) is 6. The summed E-state index contributed by atoms with van der Waals surface area (Å²) in [5.74, 6) is -3.68. The number of carbonyl (C=O) groups excluding carboxylic acids is 2. The zero-order chi connectivity index (χ0) is 17.0. The van der Waals surface area contributed by atoms with Crippen molar-refractivity contribution in [2.75, 3.05) is 11.9 Å². The van der Waals surface area contributed by atoms with Gasteiger partial charge in [-0.15, -0.1) is 0 Å². The van der Waals surface area contributed by atoms with Crippen molar-refractivity contribution in [2.24, 2.45) is 0 Å². The molecular formula is C13H8ClFN2O6. The number of halogens is 2. The summed E-state index contributed by atoms with van der Waals surface area (Å²) in [7, 11) is 0. The van der Waals surface area contributed by atoms with Gasteiger partial charge in [0.2, 0.25) is 5.76 Å². The maximum absolute atomic E-state index is 13.5. The summed E-state index contributed by atoms with van der Waals surface area (Å²) in [4.78, 5) is 32.7.